The van der Waals surface area contributed by atoms with Gasteiger partial charge in [-0.1, -0.05) is 12.1 Å². The number of imidazole rings is 1. The summed E-state index contributed by atoms with van der Waals surface area (Å²) in [6, 6.07) is 17.4. The Bertz CT molecular complexity index is 1240. The second-order valence-electron chi connectivity index (χ2n) is 6.33. The molecule has 0 saturated carbocycles. The molecular weight excluding hydrogens is 352 g/mol. The van der Waals surface area contributed by atoms with E-state index in [4.69, 9.17) is 15.1 Å². The van der Waals surface area contributed by atoms with Crippen LogP contribution in [-0.4, -0.2) is 24.5 Å². The molecule has 0 amide bonds. The maximum absolute atomic E-state index is 6.01. The van der Waals surface area contributed by atoms with Crippen molar-refractivity contribution in [3.8, 4) is 17.3 Å². The van der Waals surface area contributed by atoms with Crippen molar-refractivity contribution in [2.75, 3.05) is 5.73 Å². The summed E-state index contributed by atoms with van der Waals surface area (Å²) in [6.07, 6.45) is 5.80. The van der Waals surface area contributed by atoms with Crippen LogP contribution in [0.3, 0.4) is 0 Å². The Morgan fingerprint density at radius 1 is 0.929 bits per heavy atom. The minimum atomic E-state index is 0.177. The first-order valence-electron chi connectivity index (χ1n) is 8.82. The summed E-state index contributed by atoms with van der Waals surface area (Å²) in [5.74, 6) is 2.32. The van der Waals surface area contributed by atoms with Gasteiger partial charge in [0.1, 0.15) is 17.3 Å². The van der Waals surface area contributed by atoms with Crippen LogP contribution < -0.4 is 5.73 Å². The summed E-state index contributed by atoms with van der Waals surface area (Å²) in [5, 5.41) is 0. The van der Waals surface area contributed by atoms with Crippen molar-refractivity contribution in [1.82, 2.24) is 24.5 Å². The first kappa shape index (κ1) is 16.2. The molecule has 7 nitrogen and oxygen atoms in total. The molecule has 0 atom stereocenters. The number of fused-ring (bicyclic) bond motifs is 1. The average Bonchev–Trinajstić information content (AvgIpc) is 3.36. The van der Waals surface area contributed by atoms with Crippen LogP contribution in [0, 0.1) is 0 Å². The fourth-order valence-electron chi connectivity index (χ4n) is 3.25. The number of nitrogens with zero attached hydrogens (tertiary/aromatic N) is 5. The monoisotopic (exact) mass is 368 g/mol. The first-order valence-corrected chi connectivity index (χ1v) is 8.82. The van der Waals surface area contributed by atoms with Crippen LogP contribution in [0.1, 0.15) is 11.4 Å². The zero-order valence-corrected chi connectivity index (χ0v) is 14.9. The third-order valence-electron chi connectivity index (χ3n) is 4.47. The lowest BCUT2D eigenvalue weighted by atomic mass is 10.2. The lowest BCUT2D eigenvalue weighted by molar-refractivity contribution is 0.580. The average molecular weight is 368 g/mol. The molecule has 0 fully saturated rings. The van der Waals surface area contributed by atoms with Crippen molar-refractivity contribution < 1.29 is 4.42 Å². The van der Waals surface area contributed by atoms with Gasteiger partial charge in [0.2, 0.25) is 5.95 Å². The topological polar surface area (TPSA) is 95.7 Å². The summed E-state index contributed by atoms with van der Waals surface area (Å²) >= 11 is 0. The molecule has 0 aliphatic carbocycles. The minimum Gasteiger partial charge on any atom is -0.463 e. The highest BCUT2D eigenvalue weighted by Crippen LogP contribution is 2.26. The van der Waals surface area contributed by atoms with Crippen LogP contribution in [0.5, 0.6) is 0 Å². The van der Waals surface area contributed by atoms with Gasteiger partial charge in [0.05, 0.1) is 17.3 Å². The molecule has 0 unspecified atom stereocenters. The standard InChI is InChI=1S/C21H16N6O/c22-21-25-16(18-6-3-11-28-18)13-20(26-21)27-17-5-2-1-4-15(17)24-19(27)12-14-7-9-23-10-8-14/h1-11,13H,12H2,(H2,22,25,26). The van der Waals surface area contributed by atoms with Gasteiger partial charge in [0.25, 0.3) is 0 Å². The molecule has 0 saturated heterocycles. The second kappa shape index (κ2) is 6.62. The number of benzene rings is 1. The fourth-order valence-corrected chi connectivity index (χ4v) is 3.25. The molecule has 0 aliphatic rings. The lowest BCUT2D eigenvalue weighted by Gasteiger charge is -2.10. The number of anilines is 1. The second-order valence-corrected chi connectivity index (χ2v) is 6.33. The molecule has 0 aliphatic heterocycles. The molecule has 0 spiro atoms. The number of para-hydroxylation sites is 2. The number of pyridine rings is 1. The molecule has 0 bridgehead atoms. The Hall–Kier alpha value is -4.00. The van der Waals surface area contributed by atoms with Crippen molar-refractivity contribution in [2.45, 2.75) is 6.42 Å². The molecule has 1 aromatic carbocycles. The molecule has 2 N–H and O–H groups in total. The summed E-state index contributed by atoms with van der Waals surface area (Å²) in [4.78, 5) is 17.7. The Labute approximate surface area is 160 Å². The van der Waals surface area contributed by atoms with Gasteiger partial charge in [-0.3, -0.25) is 9.55 Å². The third-order valence-corrected chi connectivity index (χ3v) is 4.47. The summed E-state index contributed by atoms with van der Waals surface area (Å²) < 4.78 is 7.50. The van der Waals surface area contributed by atoms with Crippen LogP contribution in [0.2, 0.25) is 0 Å². The molecule has 7 heteroatoms. The van der Waals surface area contributed by atoms with E-state index in [9.17, 15) is 0 Å². The molecule has 4 aromatic heterocycles. The van der Waals surface area contributed by atoms with Gasteiger partial charge in [0, 0.05) is 24.9 Å². The molecular formula is C21H16N6O. The van der Waals surface area contributed by atoms with E-state index in [1.54, 1.807) is 18.7 Å². The number of furan rings is 1. The summed E-state index contributed by atoms with van der Waals surface area (Å²) in [5.41, 5.74) is 9.59. The Morgan fingerprint density at radius 3 is 2.61 bits per heavy atom. The maximum Gasteiger partial charge on any atom is 0.222 e. The molecule has 28 heavy (non-hydrogen) atoms. The van der Waals surface area contributed by atoms with E-state index in [-0.39, 0.29) is 5.95 Å². The number of nitrogen functional groups attached to an aromatic ring is 1. The lowest BCUT2D eigenvalue weighted by Crippen LogP contribution is -2.07. The van der Waals surface area contributed by atoms with Crippen LogP contribution in [-0.2, 0) is 6.42 Å². The zero-order valence-electron chi connectivity index (χ0n) is 14.9. The Kier molecular flexibility index (Phi) is 3.83. The Balaban J connectivity index is 1.71. The number of nitrogens with two attached hydrogens (primary N) is 1. The van der Waals surface area contributed by atoms with E-state index in [1.807, 2.05) is 59.2 Å². The molecule has 5 rings (SSSR count). The SMILES string of the molecule is Nc1nc(-c2ccco2)cc(-n2c(Cc3ccncc3)nc3ccccc32)n1. The highest BCUT2D eigenvalue weighted by Gasteiger charge is 2.16. The van der Waals surface area contributed by atoms with Gasteiger partial charge in [-0.05, 0) is 42.0 Å². The van der Waals surface area contributed by atoms with E-state index in [2.05, 4.69) is 15.0 Å². The van der Waals surface area contributed by atoms with Crippen LogP contribution >= 0.6 is 0 Å². The largest absolute Gasteiger partial charge is 0.463 e. The third kappa shape index (κ3) is 2.88. The molecule has 0 radical (unpaired) electrons. The number of hydrogen-bond acceptors (Lipinski definition) is 6. The highest BCUT2D eigenvalue weighted by molar-refractivity contribution is 5.78. The Morgan fingerprint density at radius 2 is 1.79 bits per heavy atom. The van der Waals surface area contributed by atoms with Crippen molar-refractivity contribution in [3.63, 3.8) is 0 Å². The maximum atomic E-state index is 6.01. The van der Waals surface area contributed by atoms with E-state index in [1.165, 1.54) is 0 Å². The van der Waals surface area contributed by atoms with Gasteiger partial charge in [-0.25, -0.2) is 9.97 Å². The van der Waals surface area contributed by atoms with E-state index >= 15 is 0 Å². The smallest absolute Gasteiger partial charge is 0.222 e. The van der Waals surface area contributed by atoms with E-state index in [0.29, 0.717) is 23.7 Å². The van der Waals surface area contributed by atoms with Crippen LogP contribution in [0.4, 0.5) is 5.95 Å². The van der Waals surface area contributed by atoms with E-state index in [0.717, 1.165) is 22.4 Å². The molecule has 5 aromatic rings. The first-order chi connectivity index (χ1) is 13.8. The van der Waals surface area contributed by atoms with Gasteiger partial charge >= 0.3 is 0 Å². The van der Waals surface area contributed by atoms with Crippen molar-refractivity contribution in [3.05, 3.63) is 84.6 Å². The number of rotatable bonds is 4. The molecule has 4 heterocycles. The van der Waals surface area contributed by atoms with Crippen LogP contribution in [0.15, 0.2) is 77.7 Å². The fraction of sp³-hybridized carbons (Fsp3) is 0.0476. The van der Waals surface area contributed by atoms with Crippen molar-refractivity contribution in [2.24, 2.45) is 0 Å². The van der Waals surface area contributed by atoms with Crippen LogP contribution in [0.25, 0.3) is 28.3 Å². The van der Waals surface area contributed by atoms with Gasteiger partial charge in [-0.2, -0.15) is 4.98 Å². The zero-order chi connectivity index (χ0) is 18.9. The summed E-state index contributed by atoms with van der Waals surface area (Å²) in [7, 11) is 0. The number of aromatic nitrogens is 5. The minimum absolute atomic E-state index is 0.177. The predicted molar refractivity (Wildman–Crippen MR) is 106 cm³/mol. The van der Waals surface area contributed by atoms with Crippen molar-refractivity contribution in [1.29, 1.82) is 0 Å². The normalized spacial score (nSPS) is 11.1. The van der Waals surface area contributed by atoms with Gasteiger partial charge < -0.3 is 10.2 Å². The van der Waals surface area contributed by atoms with Gasteiger partial charge in [0.15, 0.2) is 5.76 Å². The van der Waals surface area contributed by atoms with Gasteiger partial charge in [-0.15, -0.1) is 0 Å². The van der Waals surface area contributed by atoms with Crippen molar-refractivity contribution >= 4 is 17.0 Å². The summed E-state index contributed by atoms with van der Waals surface area (Å²) in [6.45, 7) is 0. The van der Waals surface area contributed by atoms with E-state index < -0.39 is 0 Å². The quantitative estimate of drug-likeness (QED) is 0.520. The predicted octanol–water partition coefficient (Wildman–Crippen LogP) is 3.64. The highest BCUT2D eigenvalue weighted by atomic mass is 16.3. The number of hydrogen-bond donors (Lipinski definition) is 1. The molecule has 136 valence electrons.